The smallest absolute Gasteiger partial charge is 0.118 e. The molecule has 0 aliphatic heterocycles. The molecule has 0 unspecified atom stereocenters. The standard InChI is InChI=1S/C76H58N2O4S/c1-7-45-23-41-55-61(43-45)62-44-46(8-2)24-42-56(62)70-69(55)77-71-72(78-70)74(60-18-14-22-66-68(60)58-16-10-12-20-64(58)76(66,49-29-37-53(81-5)38-30-49)50-31-39-54(82-6)40-32-50)83-73(71)59-17-13-21-65-67(59)57-15-9-11-19-63(57)75(65,47-25-33-51(79-3)34-26-47)48-27-35-52(80-4)36-28-48/h9-44H,7-8H2,1-6H3. The van der Waals surface area contributed by atoms with Crippen LogP contribution in [0.15, 0.2) is 218 Å². The Kier molecular flexibility index (Phi) is 11.9. The third-order valence-corrected chi connectivity index (χ3v) is 19.3. The van der Waals surface area contributed by atoms with E-state index in [1.807, 2.05) is 0 Å². The number of fused-ring (bicyclic) bond motifs is 13. The van der Waals surface area contributed by atoms with Crippen molar-refractivity contribution >= 4 is 54.9 Å². The molecule has 83 heavy (non-hydrogen) atoms. The van der Waals surface area contributed by atoms with Gasteiger partial charge in [0, 0.05) is 21.9 Å². The van der Waals surface area contributed by atoms with Crippen molar-refractivity contribution in [2.45, 2.75) is 37.5 Å². The van der Waals surface area contributed by atoms with Crippen LogP contribution >= 0.6 is 11.3 Å². The van der Waals surface area contributed by atoms with Crippen LogP contribution in [0.1, 0.15) is 69.5 Å². The van der Waals surface area contributed by atoms with Gasteiger partial charge in [-0.3, -0.25) is 0 Å². The second-order valence-electron chi connectivity index (χ2n) is 21.8. The summed E-state index contributed by atoms with van der Waals surface area (Å²) < 4.78 is 23.1. The average Bonchev–Trinajstić information content (AvgIpc) is 1.80. The fourth-order valence-electron chi connectivity index (χ4n) is 14.1. The third kappa shape index (κ3) is 7.26. The fourth-order valence-corrected chi connectivity index (χ4v) is 15.4. The van der Waals surface area contributed by atoms with Gasteiger partial charge in [0.15, 0.2) is 0 Å². The number of aromatic nitrogens is 2. The Morgan fingerprint density at radius 2 is 0.651 bits per heavy atom. The highest BCUT2D eigenvalue weighted by molar-refractivity contribution is 7.21. The lowest BCUT2D eigenvalue weighted by atomic mass is 9.67. The number of ether oxygens (including phenoxy) is 4. The molecular formula is C76H58N2O4S. The molecule has 0 atom stereocenters. The highest BCUT2D eigenvalue weighted by atomic mass is 32.1. The van der Waals surface area contributed by atoms with Gasteiger partial charge in [-0.15, -0.1) is 11.3 Å². The third-order valence-electron chi connectivity index (χ3n) is 18.0. The topological polar surface area (TPSA) is 62.7 Å². The zero-order chi connectivity index (χ0) is 56.1. The van der Waals surface area contributed by atoms with E-state index in [4.69, 9.17) is 28.9 Å². The molecule has 2 heterocycles. The minimum absolute atomic E-state index is 0.700. The van der Waals surface area contributed by atoms with Crippen molar-refractivity contribution in [3.8, 4) is 66.1 Å². The maximum atomic E-state index is 6.04. The lowest BCUT2D eigenvalue weighted by Crippen LogP contribution is -2.28. The Balaban J connectivity index is 1.08. The van der Waals surface area contributed by atoms with Crippen molar-refractivity contribution in [1.29, 1.82) is 0 Å². The second kappa shape index (κ2) is 19.6. The van der Waals surface area contributed by atoms with Crippen molar-refractivity contribution in [3.63, 3.8) is 0 Å². The van der Waals surface area contributed by atoms with Crippen LogP contribution in [0, 0.1) is 0 Å². The molecule has 2 aromatic heterocycles. The summed E-state index contributed by atoms with van der Waals surface area (Å²) >= 11 is 1.81. The van der Waals surface area contributed by atoms with Crippen molar-refractivity contribution < 1.29 is 18.9 Å². The van der Waals surface area contributed by atoms with Crippen molar-refractivity contribution in [3.05, 3.63) is 274 Å². The first-order valence-corrected chi connectivity index (χ1v) is 29.3. The van der Waals surface area contributed by atoms with E-state index in [0.717, 1.165) is 112 Å². The Bertz CT molecular complexity index is 4340. The SMILES string of the molecule is CCc1ccc2c(c1)c1cc(CC)ccc1c1nc3c(-c4cccc5c4-c4ccccc4C5(c4ccc(OC)cc4)c4ccc(OC)cc4)sc(-c4cccc5c4-c4ccccc4C5(c4ccc(OC)cc4)c4ccc(OC)cc4)c3nc21. The molecule has 0 spiro atoms. The number of aryl methyl sites for hydroxylation is 2. The van der Waals surface area contributed by atoms with Gasteiger partial charge < -0.3 is 18.9 Å². The second-order valence-corrected chi connectivity index (χ2v) is 22.8. The Morgan fingerprint density at radius 3 is 0.988 bits per heavy atom. The normalized spacial score (nSPS) is 13.5. The molecule has 7 heteroatoms. The summed E-state index contributed by atoms with van der Waals surface area (Å²) in [6.45, 7) is 4.46. The molecule has 2 aliphatic carbocycles. The number of nitrogens with zero attached hydrogens (tertiary/aromatic N) is 2. The van der Waals surface area contributed by atoms with Crippen LogP contribution in [0.5, 0.6) is 23.0 Å². The van der Waals surface area contributed by atoms with Crippen LogP contribution in [0.2, 0.25) is 0 Å². The largest absolute Gasteiger partial charge is 0.497 e. The molecule has 0 amide bonds. The minimum Gasteiger partial charge on any atom is -0.497 e. The predicted octanol–water partition coefficient (Wildman–Crippen LogP) is 18.4. The molecule has 0 radical (unpaired) electrons. The van der Waals surface area contributed by atoms with Gasteiger partial charge in [-0.25, -0.2) is 9.97 Å². The lowest BCUT2D eigenvalue weighted by molar-refractivity contribution is 0.414. The quantitative estimate of drug-likeness (QED) is 0.114. The summed E-state index contributed by atoms with van der Waals surface area (Å²) in [6.07, 6.45) is 1.87. The van der Waals surface area contributed by atoms with Gasteiger partial charge >= 0.3 is 0 Å². The van der Waals surface area contributed by atoms with Crippen LogP contribution < -0.4 is 18.9 Å². The molecular weight excluding hydrogens is 1040 g/mol. The first-order valence-electron chi connectivity index (χ1n) is 28.5. The molecule has 0 fully saturated rings. The van der Waals surface area contributed by atoms with E-state index in [1.165, 1.54) is 66.4 Å². The number of benzene rings is 11. The number of hydrogen-bond acceptors (Lipinski definition) is 7. The first-order chi connectivity index (χ1) is 40.8. The lowest BCUT2D eigenvalue weighted by Gasteiger charge is -2.34. The van der Waals surface area contributed by atoms with E-state index in [1.54, 1.807) is 39.8 Å². The van der Waals surface area contributed by atoms with Gasteiger partial charge in [-0.05, 0) is 150 Å². The van der Waals surface area contributed by atoms with Crippen LogP contribution in [-0.4, -0.2) is 38.4 Å². The van der Waals surface area contributed by atoms with E-state index in [0.29, 0.717) is 0 Å². The van der Waals surface area contributed by atoms with Crippen molar-refractivity contribution in [2.75, 3.05) is 28.4 Å². The van der Waals surface area contributed by atoms with Gasteiger partial charge in [0.2, 0.25) is 0 Å². The van der Waals surface area contributed by atoms with Crippen molar-refractivity contribution in [1.82, 2.24) is 9.97 Å². The van der Waals surface area contributed by atoms with E-state index < -0.39 is 10.8 Å². The highest BCUT2D eigenvalue weighted by Gasteiger charge is 2.49. The molecule has 0 saturated carbocycles. The molecule has 11 aromatic carbocycles. The Hall–Kier alpha value is -9.56. The maximum Gasteiger partial charge on any atom is 0.118 e. The van der Waals surface area contributed by atoms with E-state index in [2.05, 4.69) is 232 Å². The Morgan fingerprint density at radius 1 is 0.325 bits per heavy atom. The van der Waals surface area contributed by atoms with E-state index in [-0.39, 0.29) is 0 Å². The summed E-state index contributed by atoms with van der Waals surface area (Å²) in [6, 6.07) is 80.1. The van der Waals surface area contributed by atoms with Gasteiger partial charge in [0.05, 0.1) is 60.1 Å². The van der Waals surface area contributed by atoms with Crippen LogP contribution in [0.25, 0.3) is 86.7 Å². The molecule has 2 aliphatic rings. The van der Waals surface area contributed by atoms with Gasteiger partial charge in [0.1, 0.15) is 34.0 Å². The molecule has 0 bridgehead atoms. The average molecular weight is 1100 g/mol. The minimum atomic E-state index is -0.700. The molecule has 0 N–H and O–H groups in total. The van der Waals surface area contributed by atoms with E-state index in [9.17, 15) is 0 Å². The molecule has 13 aromatic rings. The van der Waals surface area contributed by atoms with Gasteiger partial charge in [-0.1, -0.05) is 184 Å². The monoisotopic (exact) mass is 1090 g/mol. The zero-order valence-corrected chi connectivity index (χ0v) is 48.0. The van der Waals surface area contributed by atoms with Gasteiger partial charge in [-0.2, -0.15) is 0 Å². The summed E-state index contributed by atoms with van der Waals surface area (Å²) in [7, 11) is 6.90. The van der Waals surface area contributed by atoms with Gasteiger partial charge in [0.25, 0.3) is 0 Å². The summed E-state index contributed by atoms with van der Waals surface area (Å²) in [5.41, 5.74) is 21.0. The van der Waals surface area contributed by atoms with Crippen molar-refractivity contribution in [2.24, 2.45) is 0 Å². The first kappa shape index (κ1) is 50.4. The van der Waals surface area contributed by atoms with Crippen LogP contribution in [0.4, 0.5) is 0 Å². The fraction of sp³-hybridized carbons (Fsp3) is 0.132. The number of rotatable bonds is 12. The predicted molar refractivity (Wildman–Crippen MR) is 340 cm³/mol. The van der Waals surface area contributed by atoms with E-state index >= 15 is 0 Å². The molecule has 15 rings (SSSR count). The molecule has 6 nitrogen and oxygen atoms in total. The summed E-state index contributed by atoms with van der Waals surface area (Å²) in [5, 5.41) is 4.62. The highest BCUT2D eigenvalue weighted by Crippen LogP contribution is 2.63. The summed E-state index contributed by atoms with van der Waals surface area (Å²) in [5.74, 6) is 3.22. The number of methoxy groups -OCH3 is 4. The Labute approximate surface area is 487 Å². The number of hydrogen-bond donors (Lipinski definition) is 0. The zero-order valence-electron chi connectivity index (χ0n) is 47.1. The molecule has 402 valence electrons. The van der Waals surface area contributed by atoms with Crippen LogP contribution in [-0.2, 0) is 23.7 Å². The van der Waals surface area contributed by atoms with Crippen LogP contribution in [0.3, 0.4) is 0 Å². The maximum absolute atomic E-state index is 6.04. The summed E-state index contributed by atoms with van der Waals surface area (Å²) in [4.78, 5) is 14.2. The number of thiophene rings is 1. The molecule has 0 saturated heterocycles.